The van der Waals surface area contributed by atoms with E-state index in [0.29, 0.717) is 16.0 Å². The molecule has 0 fully saturated rings. The van der Waals surface area contributed by atoms with Crippen LogP contribution in [0.25, 0.3) is 0 Å². The molecule has 6 heteroatoms. The fourth-order valence-electron chi connectivity index (χ4n) is 0.850. The zero-order chi connectivity index (χ0) is 10.7. The number of pyridine rings is 1. The quantitative estimate of drug-likeness (QED) is 0.834. The smallest absolute Gasteiger partial charge is 0.315 e. The van der Waals surface area contributed by atoms with Crippen molar-refractivity contribution in [1.29, 1.82) is 0 Å². The minimum atomic E-state index is -3.02. The normalized spacial score (nSPS) is 10.4. The Morgan fingerprint density at radius 3 is 2.71 bits per heavy atom. The van der Waals surface area contributed by atoms with Crippen LogP contribution >= 0.6 is 15.9 Å². The van der Waals surface area contributed by atoms with Crippen LogP contribution < -0.4 is 5.32 Å². The molecule has 0 aliphatic rings. The minimum absolute atomic E-state index is 0.290. The van der Waals surface area contributed by atoms with Crippen LogP contribution in [0.3, 0.4) is 0 Å². The van der Waals surface area contributed by atoms with Crippen molar-refractivity contribution in [2.45, 2.75) is 13.3 Å². The van der Waals surface area contributed by atoms with Gasteiger partial charge >= 0.3 is 6.43 Å². The summed E-state index contributed by atoms with van der Waals surface area (Å²) in [6.07, 6.45) is -3.02. The highest BCUT2D eigenvalue weighted by molar-refractivity contribution is 9.10. The molecule has 14 heavy (non-hydrogen) atoms. The molecule has 1 aromatic heterocycles. The van der Waals surface area contributed by atoms with Gasteiger partial charge in [-0.1, -0.05) is 0 Å². The average Bonchev–Trinajstić information content (AvgIpc) is 2.09. The number of amides is 1. The Bertz CT molecular complexity index is 357. The molecule has 1 rings (SSSR count). The monoisotopic (exact) mass is 264 g/mol. The van der Waals surface area contributed by atoms with Gasteiger partial charge in [0.15, 0.2) is 0 Å². The van der Waals surface area contributed by atoms with E-state index in [1.165, 1.54) is 6.07 Å². The molecular formula is C8H7BrF2N2O. The Morgan fingerprint density at radius 1 is 1.57 bits per heavy atom. The highest BCUT2D eigenvalue weighted by Crippen LogP contribution is 2.16. The second-order valence-corrected chi connectivity index (χ2v) is 3.37. The first-order valence-corrected chi connectivity index (χ1v) is 4.52. The van der Waals surface area contributed by atoms with Crippen LogP contribution in [0.15, 0.2) is 16.7 Å². The molecule has 1 amide bonds. The third kappa shape index (κ3) is 2.73. The summed E-state index contributed by atoms with van der Waals surface area (Å²) >= 11 is 3.12. The maximum atomic E-state index is 11.9. The Hall–Kier alpha value is -1.04. The lowest BCUT2D eigenvalue weighted by atomic mass is 10.3. The van der Waals surface area contributed by atoms with E-state index >= 15 is 0 Å². The van der Waals surface area contributed by atoms with Crippen LogP contribution in [0.4, 0.5) is 14.5 Å². The average molecular weight is 265 g/mol. The third-order valence-corrected chi connectivity index (χ3v) is 1.95. The second-order valence-electron chi connectivity index (χ2n) is 2.56. The Morgan fingerprint density at radius 2 is 2.21 bits per heavy atom. The van der Waals surface area contributed by atoms with E-state index in [1.54, 1.807) is 13.0 Å². The van der Waals surface area contributed by atoms with Gasteiger partial charge in [-0.3, -0.25) is 4.79 Å². The largest absolute Gasteiger partial charge is 0.319 e. The number of rotatable bonds is 2. The molecule has 1 heterocycles. The van der Waals surface area contributed by atoms with Gasteiger partial charge in [0.05, 0.1) is 11.4 Å². The minimum Gasteiger partial charge on any atom is -0.319 e. The van der Waals surface area contributed by atoms with E-state index in [0.717, 1.165) is 0 Å². The maximum absolute atomic E-state index is 11.9. The van der Waals surface area contributed by atoms with E-state index in [2.05, 4.69) is 26.2 Å². The van der Waals surface area contributed by atoms with Crippen molar-refractivity contribution in [2.75, 3.05) is 5.32 Å². The van der Waals surface area contributed by atoms with Gasteiger partial charge in [0.25, 0.3) is 5.91 Å². The second kappa shape index (κ2) is 4.45. The van der Waals surface area contributed by atoms with Crippen LogP contribution in [0, 0.1) is 6.92 Å². The summed E-state index contributed by atoms with van der Waals surface area (Å²) in [5.74, 6) is -1.32. The summed E-state index contributed by atoms with van der Waals surface area (Å²) in [5.41, 5.74) is 0.770. The summed E-state index contributed by atoms with van der Waals surface area (Å²) in [5, 5.41) is 2.06. The summed E-state index contributed by atoms with van der Waals surface area (Å²) in [6.45, 7) is 1.62. The van der Waals surface area contributed by atoms with E-state index in [9.17, 15) is 13.6 Å². The van der Waals surface area contributed by atoms with E-state index in [4.69, 9.17) is 0 Å². The lowest BCUT2D eigenvalue weighted by Gasteiger charge is -2.06. The van der Waals surface area contributed by atoms with Gasteiger partial charge < -0.3 is 5.32 Å². The molecule has 0 radical (unpaired) electrons. The molecule has 0 saturated heterocycles. The number of hydrogen-bond acceptors (Lipinski definition) is 2. The lowest BCUT2D eigenvalue weighted by Crippen LogP contribution is -2.20. The molecule has 0 unspecified atom stereocenters. The van der Waals surface area contributed by atoms with Crippen LogP contribution in [0.1, 0.15) is 5.69 Å². The molecule has 76 valence electrons. The van der Waals surface area contributed by atoms with E-state index < -0.39 is 12.3 Å². The number of nitrogens with one attached hydrogen (secondary N) is 1. The van der Waals surface area contributed by atoms with Crippen LogP contribution in [-0.2, 0) is 4.79 Å². The summed E-state index contributed by atoms with van der Waals surface area (Å²) < 4.78 is 24.4. The molecule has 0 spiro atoms. The van der Waals surface area contributed by atoms with Gasteiger partial charge in [-0.05, 0) is 35.0 Å². The van der Waals surface area contributed by atoms with Crippen molar-refractivity contribution in [2.24, 2.45) is 0 Å². The van der Waals surface area contributed by atoms with Gasteiger partial charge in [0.2, 0.25) is 0 Å². The van der Waals surface area contributed by atoms with E-state index in [-0.39, 0.29) is 0 Å². The van der Waals surface area contributed by atoms with E-state index in [1.807, 2.05) is 0 Å². The fraction of sp³-hybridized carbons (Fsp3) is 0.250. The van der Waals surface area contributed by atoms with Crippen molar-refractivity contribution >= 4 is 27.5 Å². The molecule has 0 bridgehead atoms. The number of carbonyl (C=O) groups is 1. The number of halogens is 3. The van der Waals surface area contributed by atoms with Crippen molar-refractivity contribution in [1.82, 2.24) is 4.98 Å². The third-order valence-electron chi connectivity index (χ3n) is 1.51. The van der Waals surface area contributed by atoms with Crippen LogP contribution in [0.2, 0.25) is 0 Å². The Balaban J connectivity index is 2.82. The zero-order valence-corrected chi connectivity index (χ0v) is 8.81. The molecule has 0 aliphatic carbocycles. The zero-order valence-electron chi connectivity index (χ0n) is 7.22. The molecule has 0 aromatic carbocycles. The Kier molecular flexibility index (Phi) is 3.51. The van der Waals surface area contributed by atoms with Gasteiger partial charge in [0.1, 0.15) is 4.60 Å². The number of alkyl halides is 2. The first-order valence-electron chi connectivity index (χ1n) is 3.73. The van der Waals surface area contributed by atoms with Gasteiger partial charge in [-0.25, -0.2) is 4.98 Å². The number of hydrogen-bond donors (Lipinski definition) is 1. The summed E-state index contributed by atoms with van der Waals surface area (Å²) in [6, 6.07) is 3.07. The highest BCUT2D eigenvalue weighted by atomic mass is 79.9. The van der Waals surface area contributed by atoms with Gasteiger partial charge in [-0.15, -0.1) is 0 Å². The van der Waals surface area contributed by atoms with Gasteiger partial charge in [-0.2, -0.15) is 8.78 Å². The SMILES string of the molecule is Cc1nc(Br)ccc1NC(=O)C(F)F. The fourth-order valence-corrected chi connectivity index (χ4v) is 1.25. The predicted octanol–water partition coefficient (Wildman–Crippen LogP) is 2.36. The summed E-state index contributed by atoms with van der Waals surface area (Å²) in [7, 11) is 0. The highest BCUT2D eigenvalue weighted by Gasteiger charge is 2.15. The Labute approximate surface area is 87.7 Å². The van der Waals surface area contributed by atoms with Crippen molar-refractivity contribution < 1.29 is 13.6 Å². The number of carbonyl (C=O) groups excluding carboxylic acids is 1. The molecule has 0 atom stereocenters. The summed E-state index contributed by atoms with van der Waals surface area (Å²) in [4.78, 5) is 14.6. The number of aryl methyl sites for hydroxylation is 1. The van der Waals surface area contributed by atoms with Crippen LogP contribution in [-0.4, -0.2) is 17.3 Å². The molecule has 0 aliphatic heterocycles. The maximum Gasteiger partial charge on any atom is 0.315 e. The standard InChI is InChI=1S/C8H7BrF2N2O/c1-4-5(2-3-6(9)12-4)13-8(14)7(10)11/h2-3,7H,1H3,(H,13,14). The predicted molar refractivity (Wildman–Crippen MR) is 51.3 cm³/mol. The topological polar surface area (TPSA) is 42.0 Å². The van der Waals surface area contributed by atoms with Crippen LogP contribution in [0.5, 0.6) is 0 Å². The first-order chi connectivity index (χ1) is 6.50. The lowest BCUT2D eigenvalue weighted by molar-refractivity contribution is -0.126. The first kappa shape index (κ1) is 11.0. The number of aromatic nitrogens is 1. The number of nitrogens with zero attached hydrogens (tertiary/aromatic N) is 1. The van der Waals surface area contributed by atoms with Crippen molar-refractivity contribution in [3.8, 4) is 0 Å². The van der Waals surface area contributed by atoms with Gasteiger partial charge in [0, 0.05) is 0 Å². The number of anilines is 1. The molecule has 1 aromatic rings. The molecular weight excluding hydrogens is 258 g/mol. The molecule has 3 nitrogen and oxygen atoms in total. The van der Waals surface area contributed by atoms with Crippen molar-refractivity contribution in [3.05, 3.63) is 22.4 Å². The van der Waals surface area contributed by atoms with Crippen molar-refractivity contribution in [3.63, 3.8) is 0 Å². The molecule has 0 saturated carbocycles. The molecule has 1 N–H and O–H groups in total.